The molecule has 7 heteroatoms. The summed E-state index contributed by atoms with van der Waals surface area (Å²) >= 11 is 17.1. The topological polar surface area (TPSA) is 63.6 Å². The first-order valence-electron chi connectivity index (χ1n) is 3.97. The Bertz CT molecular complexity index is 421. The Hall–Kier alpha value is -0.970. The van der Waals surface area contributed by atoms with Crippen LogP contribution in [0.2, 0.25) is 15.1 Å². The molecule has 16 heavy (non-hydrogen) atoms. The monoisotopic (exact) mass is 282 g/mol. The van der Waals surface area contributed by atoms with Crippen LogP contribution < -0.4 is 4.74 Å². The highest BCUT2D eigenvalue weighted by Gasteiger charge is 2.15. The maximum atomic E-state index is 11.1. The number of esters is 1. The Labute approximate surface area is 106 Å². The van der Waals surface area contributed by atoms with Gasteiger partial charge in [0.2, 0.25) is 0 Å². The number of aliphatic carboxylic acids is 1. The fraction of sp³-hybridized carbons (Fsp3) is 0.111. The number of ether oxygens (including phenoxy) is 1. The zero-order chi connectivity index (χ0) is 12.3. The van der Waals surface area contributed by atoms with Crippen LogP contribution in [-0.4, -0.2) is 17.0 Å². The summed E-state index contributed by atoms with van der Waals surface area (Å²) in [7, 11) is 0. The average Bonchev–Trinajstić information content (AvgIpc) is 2.09. The van der Waals surface area contributed by atoms with Gasteiger partial charge in [-0.2, -0.15) is 0 Å². The molecule has 0 aliphatic heterocycles. The standard InChI is InChI=1S/C9H5Cl3O4/c10-4-1-5(11)9(6(12)2-4)16-8(15)3-7(13)14/h1-2H,3H2,(H,13,14). The predicted molar refractivity (Wildman–Crippen MR) is 59.4 cm³/mol. The highest BCUT2D eigenvalue weighted by molar-refractivity contribution is 6.40. The zero-order valence-corrected chi connectivity index (χ0v) is 9.94. The van der Waals surface area contributed by atoms with Crippen LogP contribution in [0.4, 0.5) is 0 Å². The minimum atomic E-state index is -1.30. The van der Waals surface area contributed by atoms with E-state index in [0.717, 1.165) is 0 Å². The minimum Gasteiger partial charge on any atom is -0.481 e. The van der Waals surface area contributed by atoms with E-state index in [1.807, 2.05) is 0 Å². The summed E-state index contributed by atoms with van der Waals surface area (Å²) < 4.78 is 4.70. The van der Waals surface area contributed by atoms with Crippen molar-refractivity contribution in [3.05, 3.63) is 27.2 Å². The first kappa shape index (κ1) is 13.1. The van der Waals surface area contributed by atoms with E-state index in [-0.39, 0.29) is 20.8 Å². The van der Waals surface area contributed by atoms with E-state index in [1.54, 1.807) is 0 Å². The van der Waals surface area contributed by atoms with Gasteiger partial charge in [-0.15, -0.1) is 0 Å². The third-order valence-electron chi connectivity index (χ3n) is 1.47. The van der Waals surface area contributed by atoms with E-state index < -0.39 is 18.4 Å². The van der Waals surface area contributed by atoms with Crippen LogP contribution in [0.3, 0.4) is 0 Å². The van der Waals surface area contributed by atoms with Crippen molar-refractivity contribution in [1.82, 2.24) is 0 Å². The van der Waals surface area contributed by atoms with Crippen molar-refractivity contribution in [3.63, 3.8) is 0 Å². The SMILES string of the molecule is O=C(O)CC(=O)Oc1c(Cl)cc(Cl)cc1Cl. The van der Waals surface area contributed by atoms with E-state index in [4.69, 9.17) is 44.6 Å². The van der Waals surface area contributed by atoms with Gasteiger partial charge >= 0.3 is 11.9 Å². The summed E-state index contributed by atoms with van der Waals surface area (Å²) in [6, 6.07) is 2.66. The highest BCUT2D eigenvalue weighted by Crippen LogP contribution is 2.35. The molecule has 0 aliphatic carbocycles. The molecule has 1 aromatic carbocycles. The zero-order valence-electron chi connectivity index (χ0n) is 7.67. The second kappa shape index (κ2) is 5.39. The van der Waals surface area contributed by atoms with Gasteiger partial charge in [0.15, 0.2) is 5.75 Å². The molecule has 0 aromatic heterocycles. The van der Waals surface area contributed by atoms with Gasteiger partial charge in [0.25, 0.3) is 0 Å². The number of rotatable bonds is 3. The molecular weight excluding hydrogens is 278 g/mol. The molecule has 0 aliphatic rings. The molecule has 1 rings (SSSR count). The Balaban J connectivity index is 2.89. The number of carbonyl (C=O) groups excluding carboxylic acids is 1. The maximum Gasteiger partial charge on any atom is 0.322 e. The van der Waals surface area contributed by atoms with Gasteiger partial charge in [0.05, 0.1) is 10.0 Å². The van der Waals surface area contributed by atoms with Crippen LogP contribution in [-0.2, 0) is 9.59 Å². The smallest absolute Gasteiger partial charge is 0.322 e. The van der Waals surface area contributed by atoms with Gasteiger partial charge in [0.1, 0.15) is 6.42 Å². The van der Waals surface area contributed by atoms with Crippen molar-refractivity contribution >= 4 is 46.7 Å². The number of carbonyl (C=O) groups is 2. The second-order valence-electron chi connectivity index (χ2n) is 2.74. The normalized spacial score (nSPS) is 9.94. The van der Waals surface area contributed by atoms with Crippen LogP contribution in [0.5, 0.6) is 5.75 Å². The Morgan fingerprint density at radius 1 is 1.19 bits per heavy atom. The number of hydrogen-bond donors (Lipinski definition) is 1. The fourth-order valence-electron chi connectivity index (χ4n) is 0.900. The molecular formula is C9H5Cl3O4. The third-order valence-corrected chi connectivity index (χ3v) is 2.25. The summed E-state index contributed by atoms with van der Waals surface area (Å²) in [5, 5.41) is 8.72. The van der Waals surface area contributed by atoms with Crippen LogP contribution in [0.1, 0.15) is 6.42 Å². The van der Waals surface area contributed by atoms with Gasteiger partial charge in [-0.05, 0) is 12.1 Å². The lowest BCUT2D eigenvalue weighted by Crippen LogP contribution is -2.13. The summed E-state index contributed by atoms with van der Waals surface area (Å²) in [6.45, 7) is 0. The van der Waals surface area contributed by atoms with Crippen molar-refractivity contribution in [2.75, 3.05) is 0 Å². The summed E-state index contributed by atoms with van der Waals surface area (Å²) in [5.41, 5.74) is 0. The van der Waals surface area contributed by atoms with Crippen molar-refractivity contribution in [3.8, 4) is 5.75 Å². The summed E-state index contributed by atoms with van der Waals surface area (Å²) in [4.78, 5) is 21.3. The lowest BCUT2D eigenvalue weighted by atomic mass is 10.3. The van der Waals surface area contributed by atoms with Gasteiger partial charge < -0.3 is 9.84 Å². The number of carboxylic acid groups (broad SMARTS) is 1. The van der Waals surface area contributed by atoms with Gasteiger partial charge in [0, 0.05) is 5.02 Å². The lowest BCUT2D eigenvalue weighted by molar-refractivity contribution is -0.145. The van der Waals surface area contributed by atoms with E-state index in [9.17, 15) is 9.59 Å². The largest absolute Gasteiger partial charge is 0.481 e. The Morgan fingerprint density at radius 3 is 2.12 bits per heavy atom. The van der Waals surface area contributed by atoms with Crippen LogP contribution >= 0.6 is 34.8 Å². The van der Waals surface area contributed by atoms with E-state index in [1.165, 1.54) is 12.1 Å². The Morgan fingerprint density at radius 2 is 1.69 bits per heavy atom. The first-order valence-corrected chi connectivity index (χ1v) is 5.10. The summed E-state index contributed by atoms with van der Waals surface area (Å²) in [6.07, 6.45) is -0.769. The fourth-order valence-corrected chi connectivity index (χ4v) is 1.79. The molecule has 0 spiro atoms. The third kappa shape index (κ3) is 3.56. The summed E-state index contributed by atoms with van der Waals surface area (Å²) in [5.74, 6) is -2.36. The minimum absolute atomic E-state index is 0.0382. The molecule has 86 valence electrons. The van der Waals surface area contributed by atoms with Crippen LogP contribution in [0.15, 0.2) is 12.1 Å². The molecule has 0 radical (unpaired) electrons. The molecule has 1 N–H and O–H groups in total. The lowest BCUT2D eigenvalue weighted by Gasteiger charge is -2.07. The first-order chi connectivity index (χ1) is 7.40. The van der Waals surface area contributed by atoms with E-state index >= 15 is 0 Å². The maximum absolute atomic E-state index is 11.1. The number of hydrogen-bond acceptors (Lipinski definition) is 3. The molecule has 0 amide bonds. The van der Waals surface area contributed by atoms with Crippen molar-refractivity contribution in [1.29, 1.82) is 0 Å². The van der Waals surface area contributed by atoms with Crippen molar-refractivity contribution in [2.45, 2.75) is 6.42 Å². The number of benzene rings is 1. The molecule has 0 saturated heterocycles. The van der Waals surface area contributed by atoms with Crippen LogP contribution in [0, 0.1) is 0 Å². The molecule has 0 atom stereocenters. The van der Waals surface area contributed by atoms with Gasteiger partial charge in [-0.1, -0.05) is 34.8 Å². The van der Waals surface area contributed by atoms with Crippen LogP contribution in [0.25, 0.3) is 0 Å². The predicted octanol–water partition coefficient (Wildman–Crippen LogP) is 3.03. The molecule has 0 unspecified atom stereocenters. The number of carboxylic acids is 1. The number of halogens is 3. The van der Waals surface area contributed by atoms with E-state index in [0.29, 0.717) is 0 Å². The molecule has 0 bridgehead atoms. The van der Waals surface area contributed by atoms with Gasteiger partial charge in [-0.25, -0.2) is 0 Å². The molecule has 0 heterocycles. The second-order valence-corrected chi connectivity index (χ2v) is 3.99. The quantitative estimate of drug-likeness (QED) is 0.526. The molecule has 4 nitrogen and oxygen atoms in total. The van der Waals surface area contributed by atoms with Gasteiger partial charge in [-0.3, -0.25) is 9.59 Å². The molecule has 0 fully saturated rings. The van der Waals surface area contributed by atoms with Crippen molar-refractivity contribution < 1.29 is 19.4 Å². The van der Waals surface area contributed by atoms with E-state index in [2.05, 4.69) is 0 Å². The average molecular weight is 283 g/mol. The molecule has 0 saturated carbocycles. The van der Waals surface area contributed by atoms with Crippen molar-refractivity contribution in [2.24, 2.45) is 0 Å². The highest BCUT2D eigenvalue weighted by atomic mass is 35.5. The Kier molecular flexibility index (Phi) is 4.41. The molecule has 1 aromatic rings.